The maximum Gasteiger partial charge on any atom is 0.254 e. The first-order valence-electron chi connectivity index (χ1n) is 9.91. The van der Waals surface area contributed by atoms with Gasteiger partial charge in [0.05, 0.1) is 0 Å². The number of aromatic nitrogens is 1. The molecule has 1 saturated heterocycles. The van der Waals surface area contributed by atoms with Crippen molar-refractivity contribution >= 4 is 11.8 Å². The number of nitrogens with zero attached hydrogens (tertiary/aromatic N) is 3. The minimum atomic E-state index is 0.00781. The normalized spacial score (nSPS) is 14.8. The minimum Gasteiger partial charge on any atom is -0.339 e. The Morgan fingerprint density at radius 1 is 0.893 bits per heavy atom. The Hall–Kier alpha value is -2.69. The van der Waals surface area contributed by atoms with Crippen molar-refractivity contribution in [1.82, 2.24) is 14.8 Å². The summed E-state index contributed by atoms with van der Waals surface area (Å²) in [5, 5.41) is 0. The molecular formula is C23H29N3O2. The molecule has 28 heavy (non-hydrogen) atoms. The van der Waals surface area contributed by atoms with Crippen LogP contribution in [0.1, 0.15) is 48.7 Å². The summed E-state index contributed by atoms with van der Waals surface area (Å²) >= 11 is 0. The average Bonchev–Trinajstić information content (AvgIpc) is 2.72. The van der Waals surface area contributed by atoms with Crippen LogP contribution in [0.15, 0.2) is 48.8 Å². The molecule has 2 heterocycles. The SMILES string of the molecule is CC(C)(C)c1ccc(CCC(=O)N2CCN(C(=O)c3ccncc3)CC2)cc1. The van der Waals surface area contributed by atoms with Crippen molar-refractivity contribution in [1.29, 1.82) is 0 Å². The minimum absolute atomic E-state index is 0.00781. The van der Waals surface area contributed by atoms with Crippen LogP contribution < -0.4 is 0 Å². The van der Waals surface area contributed by atoms with Crippen LogP contribution in [-0.2, 0) is 16.6 Å². The molecule has 5 nitrogen and oxygen atoms in total. The number of aryl methyl sites for hydroxylation is 1. The van der Waals surface area contributed by atoms with E-state index in [1.54, 1.807) is 24.5 Å². The Bertz CT molecular complexity index is 802. The lowest BCUT2D eigenvalue weighted by molar-refractivity contribution is -0.132. The predicted octanol–water partition coefficient (Wildman–Crippen LogP) is 3.30. The van der Waals surface area contributed by atoms with Gasteiger partial charge in [0.1, 0.15) is 0 Å². The number of rotatable bonds is 4. The second kappa shape index (κ2) is 8.55. The number of amides is 2. The molecule has 0 saturated carbocycles. The van der Waals surface area contributed by atoms with Gasteiger partial charge in [0, 0.05) is 50.6 Å². The van der Waals surface area contributed by atoms with E-state index in [-0.39, 0.29) is 17.2 Å². The highest BCUT2D eigenvalue weighted by atomic mass is 16.2. The molecule has 0 bridgehead atoms. The molecule has 0 unspecified atom stereocenters. The molecule has 0 N–H and O–H groups in total. The van der Waals surface area contributed by atoms with Crippen LogP contribution in [-0.4, -0.2) is 52.8 Å². The molecule has 0 spiro atoms. The largest absolute Gasteiger partial charge is 0.339 e. The Labute approximate surface area is 167 Å². The Morgan fingerprint density at radius 2 is 1.46 bits per heavy atom. The first-order valence-corrected chi connectivity index (χ1v) is 9.91. The van der Waals surface area contributed by atoms with Crippen molar-refractivity contribution in [3.8, 4) is 0 Å². The van der Waals surface area contributed by atoms with Gasteiger partial charge in [-0.05, 0) is 35.1 Å². The van der Waals surface area contributed by atoms with E-state index in [0.29, 0.717) is 38.2 Å². The molecule has 0 aliphatic carbocycles. The molecule has 1 aromatic heterocycles. The smallest absolute Gasteiger partial charge is 0.254 e. The first-order chi connectivity index (χ1) is 13.3. The summed E-state index contributed by atoms with van der Waals surface area (Å²) in [6.45, 7) is 8.94. The number of carbonyl (C=O) groups is 2. The molecule has 1 aliphatic heterocycles. The monoisotopic (exact) mass is 379 g/mol. The van der Waals surface area contributed by atoms with Gasteiger partial charge in [0.25, 0.3) is 5.91 Å². The van der Waals surface area contributed by atoms with Crippen LogP contribution in [0.25, 0.3) is 0 Å². The first kappa shape index (κ1) is 20.1. The summed E-state index contributed by atoms with van der Waals surface area (Å²) in [5.41, 5.74) is 3.28. The highest BCUT2D eigenvalue weighted by Gasteiger charge is 2.24. The number of benzene rings is 1. The zero-order valence-corrected chi connectivity index (χ0v) is 17.0. The zero-order valence-electron chi connectivity index (χ0n) is 17.0. The Kier molecular flexibility index (Phi) is 6.12. The van der Waals surface area contributed by atoms with E-state index in [2.05, 4.69) is 50.0 Å². The van der Waals surface area contributed by atoms with Crippen molar-refractivity contribution in [2.24, 2.45) is 0 Å². The third-order valence-corrected chi connectivity index (χ3v) is 5.29. The van der Waals surface area contributed by atoms with Gasteiger partial charge in [-0.15, -0.1) is 0 Å². The molecule has 2 aromatic rings. The van der Waals surface area contributed by atoms with Gasteiger partial charge >= 0.3 is 0 Å². The van der Waals surface area contributed by atoms with Crippen molar-refractivity contribution in [2.45, 2.75) is 39.0 Å². The van der Waals surface area contributed by atoms with Crippen LogP contribution >= 0.6 is 0 Å². The van der Waals surface area contributed by atoms with Gasteiger partial charge in [-0.25, -0.2) is 0 Å². The molecule has 0 atom stereocenters. The van der Waals surface area contributed by atoms with Crippen LogP contribution in [0.4, 0.5) is 0 Å². The van der Waals surface area contributed by atoms with Gasteiger partial charge in [-0.3, -0.25) is 14.6 Å². The van der Waals surface area contributed by atoms with E-state index in [1.807, 2.05) is 9.80 Å². The van der Waals surface area contributed by atoms with Gasteiger partial charge < -0.3 is 9.80 Å². The van der Waals surface area contributed by atoms with E-state index < -0.39 is 0 Å². The lowest BCUT2D eigenvalue weighted by atomic mass is 9.86. The average molecular weight is 380 g/mol. The quantitative estimate of drug-likeness (QED) is 0.819. The van der Waals surface area contributed by atoms with Crippen molar-refractivity contribution in [3.63, 3.8) is 0 Å². The lowest BCUT2D eigenvalue weighted by Gasteiger charge is -2.35. The summed E-state index contributed by atoms with van der Waals surface area (Å²) < 4.78 is 0. The van der Waals surface area contributed by atoms with Crippen molar-refractivity contribution < 1.29 is 9.59 Å². The fourth-order valence-electron chi connectivity index (χ4n) is 3.42. The zero-order chi connectivity index (χ0) is 20.1. The van der Waals surface area contributed by atoms with Gasteiger partial charge in [-0.2, -0.15) is 0 Å². The number of hydrogen-bond donors (Lipinski definition) is 0. The number of carbonyl (C=O) groups excluding carboxylic acids is 2. The Balaban J connectivity index is 1.47. The van der Waals surface area contributed by atoms with Crippen molar-refractivity contribution in [3.05, 3.63) is 65.5 Å². The number of hydrogen-bond acceptors (Lipinski definition) is 3. The number of pyridine rings is 1. The molecule has 3 rings (SSSR count). The molecule has 1 aliphatic rings. The standard InChI is InChI=1S/C23H29N3O2/c1-23(2,3)20-7-4-18(5-8-20)6-9-21(27)25-14-16-26(17-15-25)22(28)19-10-12-24-13-11-19/h4-5,7-8,10-13H,6,9,14-17H2,1-3H3. The summed E-state index contributed by atoms with van der Waals surface area (Å²) in [4.78, 5) is 32.7. The third kappa shape index (κ3) is 4.97. The van der Waals surface area contributed by atoms with E-state index in [1.165, 1.54) is 11.1 Å². The predicted molar refractivity (Wildman–Crippen MR) is 110 cm³/mol. The maximum atomic E-state index is 12.6. The second-order valence-electron chi connectivity index (χ2n) is 8.36. The summed E-state index contributed by atoms with van der Waals surface area (Å²) in [5.74, 6) is 0.171. The maximum absolute atomic E-state index is 12.6. The van der Waals surface area contributed by atoms with Gasteiger partial charge in [0.15, 0.2) is 0 Å². The van der Waals surface area contributed by atoms with E-state index in [9.17, 15) is 9.59 Å². The number of piperazine rings is 1. The van der Waals surface area contributed by atoms with Crippen LogP contribution in [0, 0.1) is 0 Å². The van der Waals surface area contributed by atoms with Gasteiger partial charge in [0.2, 0.25) is 5.91 Å². The fourth-order valence-corrected chi connectivity index (χ4v) is 3.42. The third-order valence-electron chi connectivity index (χ3n) is 5.29. The van der Waals surface area contributed by atoms with Crippen LogP contribution in [0.3, 0.4) is 0 Å². The summed E-state index contributed by atoms with van der Waals surface area (Å²) in [6, 6.07) is 12.0. The molecule has 2 amide bonds. The van der Waals surface area contributed by atoms with E-state index in [4.69, 9.17) is 0 Å². The van der Waals surface area contributed by atoms with Crippen LogP contribution in [0.5, 0.6) is 0 Å². The molecule has 0 radical (unpaired) electrons. The van der Waals surface area contributed by atoms with E-state index in [0.717, 1.165) is 6.42 Å². The molecule has 148 valence electrons. The fraction of sp³-hybridized carbons (Fsp3) is 0.435. The van der Waals surface area contributed by atoms with E-state index >= 15 is 0 Å². The molecule has 5 heteroatoms. The highest BCUT2D eigenvalue weighted by Crippen LogP contribution is 2.22. The molecule has 1 aromatic carbocycles. The molecule has 1 fully saturated rings. The van der Waals surface area contributed by atoms with Crippen LogP contribution in [0.2, 0.25) is 0 Å². The Morgan fingerprint density at radius 3 is 2.04 bits per heavy atom. The second-order valence-corrected chi connectivity index (χ2v) is 8.36. The van der Waals surface area contributed by atoms with Crippen molar-refractivity contribution in [2.75, 3.05) is 26.2 Å². The topological polar surface area (TPSA) is 53.5 Å². The molecular weight excluding hydrogens is 350 g/mol. The lowest BCUT2D eigenvalue weighted by Crippen LogP contribution is -2.50. The summed E-state index contributed by atoms with van der Waals surface area (Å²) in [6.07, 6.45) is 4.51. The highest BCUT2D eigenvalue weighted by molar-refractivity contribution is 5.94. The summed E-state index contributed by atoms with van der Waals surface area (Å²) in [7, 11) is 0. The van der Waals surface area contributed by atoms with Gasteiger partial charge in [-0.1, -0.05) is 45.0 Å².